The van der Waals surface area contributed by atoms with E-state index in [4.69, 9.17) is 9.29 Å². The number of carbonyl (C=O) groups is 3. The van der Waals surface area contributed by atoms with Crippen LogP contribution in [0, 0.1) is 17.8 Å². The minimum absolute atomic E-state index is 0.144. The molecule has 4 fully saturated rings. The maximum absolute atomic E-state index is 14.5. The van der Waals surface area contributed by atoms with Crippen LogP contribution >= 0.6 is 0 Å². The van der Waals surface area contributed by atoms with Crippen molar-refractivity contribution in [3.05, 3.63) is 35.5 Å². The van der Waals surface area contributed by atoms with Gasteiger partial charge in [-0.1, -0.05) is 46.2 Å². The molecule has 3 amide bonds. The van der Waals surface area contributed by atoms with Crippen LogP contribution < -0.4 is 5.32 Å². The molecule has 8 atom stereocenters. The number of piperazine rings is 1. The number of hydrogen-bond acceptors (Lipinski definition) is 8. The van der Waals surface area contributed by atoms with Crippen LogP contribution in [0.5, 0.6) is 0 Å². The Labute approximate surface area is 275 Å². The molecule has 1 aliphatic carbocycles. The zero-order chi connectivity index (χ0) is 34.2. The zero-order valence-corrected chi connectivity index (χ0v) is 28.7. The second-order valence-corrected chi connectivity index (χ2v) is 15.9. The normalized spacial score (nSPS) is 34.1. The van der Waals surface area contributed by atoms with Crippen LogP contribution in [-0.2, 0) is 35.7 Å². The Morgan fingerprint density at radius 1 is 1.23 bits per heavy atom. The van der Waals surface area contributed by atoms with Gasteiger partial charge in [0.05, 0.1) is 12.2 Å². The molecule has 14 heteroatoms. The summed E-state index contributed by atoms with van der Waals surface area (Å²) in [6.07, 6.45) is 6.32. The van der Waals surface area contributed by atoms with Crippen LogP contribution in [0.2, 0.25) is 0 Å². The number of fused-ring (bicyclic) bond motifs is 5. The van der Waals surface area contributed by atoms with Crippen molar-refractivity contribution in [2.45, 2.75) is 95.5 Å². The molecule has 7 rings (SSSR count). The van der Waals surface area contributed by atoms with Crippen LogP contribution in [0.3, 0.4) is 0 Å². The van der Waals surface area contributed by atoms with Gasteiger partial charge in [0.2, 0.25) is 17.5 Å². The summed E-state index contributed by atoms with van der Waals surface area (Å²) in [5.74, 6) is -3.79. The third kappa shape index (κ3) is 5.45. The molecule has 0 radical (unpaired) electrons. The van der Waals surface area contributed by atoms with E-state index in [1.807, 2.05) is 27.7 Å². The van der Waals surface area contributed by atoms with Gasteiger partial charge in [-0.2, -0.15) is 8.42 Å². The molecule has 1 aromatic heterocycles. The van der Waals surface area contributed by atoms with Crippen molar-refractivity contribution in [2.24, 2.45) is 17.8 Å². The maximum Gasteiger partial charge on any atom is 0.281 e. The van der Waals surface area contributed by atoms with E-state index in [1.165, 1.54) is 21.4 Å². The Balaban J connectivity index is 0.000000720. The number of H-pyrrole nitrogens is 1. The number of likely N-dealkylation sites (N-methyl/N-ethyl adjacent to an activating group) is 1. The first-order valence-corrected chi connectivity index (χ1v) is 18.5. The Bertz CT molecular complexity index is 1690. The lowest BCUT2D eigenvalue weighted by Crippen LogP contribution is -2.72. The SMILES string of the molecule is CCC(C)[C@H]1C(=O)N2CCC[C@H]2[C@]2(O)O[C@](NC(=O)[C@@H]3C[C@@H]4c5cccc6[nH]cc(c56)C[C@H]4N(C)C3)(C(C)C)C(=O)N12.CS(=O)(=O)O. The molecular weight excluding hydrogens is 626 g/mol. The molecule has 13 nitrogen and oxygen atoms in total. The number of ether oxygens (including phenoxy) is 1. The van der Waals surface area contributed by atoms with E-state index in [1.54, 1.807) is 4.90 Å². The molecule has 1 unspecified atom stereocenters. The van der Waals surface area contributed by atoms with Crippen LogP contribution in [-0.4, -0.2) is 112 Å². The number of carbonyl (C=O) groups excluding carboxylic acids is 3. The van der Waals surface area contributed by atoms with Gasteiger partial charge in [-0.15, -0.1) is 0 Å². The quantitative estimate of drug-likeness (QED) is 0.347. The van der Waals surface area contributed by atoms with E-state index in [9.17, 15) is 27.9 Å². The zero-order valence-electron chi connectivity index (χ0n) is 27.9. The Kier molecular flexibility index (Phi) is 8.52. The monoisotopic (exact) mass is 673 g/mol. The highest BCUT2D eigenvalue weighted by Crippen LogP contribution is 2.49. The lowest BCUT2D eigenvalue weighted by Gasteiger charge is -2.50. The van der Waals surface area contributed by atoms with Crippen LogP contribution in [0.1, 0.15) is 70.4 Å². The standard InChI is InChI=1S/C32H43N5O5.CH4O3S/c1-6-18(4)27-29(39)36-12-8-11-25(36)32(41)37(27)30(40)31(42-32,17(2)3)34-28(38)20-13-22-21-9-7-10-23-26(21)19(15-33-23)14-24(22)35(5)16-20;1-5(2,3)4/h7,9-10,15,17-18,20,22,24-25,27,33,41H,6,8,11-14,16H2,1-5H3,(H,34,38);1H3,(H,2,3,4)/t18?,20-,22-,24-,25+,27+,31-,32+;/m1./s1. The van der Waals surface area contributed by atoms with E-state index in [0.29, 0.717) is 38.6 Å². The summed E-state index contributed by atoms with van der Waals surface area (Å²) in [6.45, 7) is 8.63. The predicted molar refractivity (Wildman–Crippen MR) is 173 cm³/mol. The highest BCUT2D eigenvalue weighted by molar-refractivity contribution is 7.85. The van der Waals surface area contributed by atoms with Crippen LogP contribution in [0.15, 0.2) is 24.4 Å². The molecule has 4 aliphatic heterocycles. The van der Waals surface area contributed by atoms with E-state index in [2.05, 4.69) is 46.6 Å². The average Bonchev–Trinajstić information content (AvgIpc) is 3.71. The molecule has 4 saturated heterocycles. The number of aromatic amines is 1. The molecule has 47 heavy (non-hydrogen) atoms. The van der Waals surface area contributed by atoms with E-state index >= 15 is 0 Å². The highest BCUT2D eigenvalue weighted by Gasteiger charge is 2.72. The van der Waals surface area contributed by atoms with Gasteiger partial charge in [-0.05, 0) is 55.8 Å². The lowest BCUT2D eigenvalue weighted by atomic mass is 9.72. The molecule has 0 saturated carbocycles. The van der Waals surface area contributed by atoms with Crippen LogP contribution in [0.25, 0.3) is 10.9 Å². The molecule has 0 spiro atoms. The van der Waals surface area contributed by atoms with E-state index in [0.717, 1.165) is 18.4 Å². The summed E-state index contributed by atoms with van der Waals surface area (Å²) in [5.41, 5.74) is 1.93. The minimum atomic E-state index is -3.67. The highest BCUT2D eigenvalue weighted by atomic mass is 32.2. The number of piperidine rings is 1. The molecule has 258 valence electrons. The molecule has 4 N–H and O–H groups in total. The molecule has 1 aromatic carbocycles. The first-order chi connectivity index (χ1) is 22.0. The fourth-order valence-electron chi connectivity index (χ4n) is 8.64. The number of aromatic nitrogens is 1. The van der Waals surface area contributed by atoms with Crippen molar-refractivity contribution < 1.29 is 37.2 Å². The number of nitrogens with one attached hydrogen (secondary N) is 2. The Morgan fingerprint density at radius 3 is 2.60 bits per heavy atom. The van der Waals surface area contributed by atoms with Gasteiger partial charge < -0.3 is 25.2 Å². The summed E-state index contributed by atoms with van der Waals surface area (Å²) in [6, 6.07) is 5.12. The third-order valence-electron chi connectivity index (χ3n) is 11.1. The summed E-state index contributed by atoms with van der Waals surface area (Å²) in [7, 11) is -1.59. The topological polar surface area (TPSA) is 173 Å². The number of aliphatic hydroxyl groups is 1. The van der Waals surface area contributed by atoms with Gasteiger partial charge in [-0.3, -0.25) is 28.6 Å². The predicted octanol–water partition coefficient (Wildman–Crippen LogP) is 2.02. The van der Waals surface area contributed by atoms with Crippen LogP contribution in [0.4, 0.5) is 0 Å². The van der Waals surface area contributed by atoms with Crippen molar-refractivity contribution in [1.82, 2.24) is 25.0 Å². The fourth-order valence-corrected chi connectivity index (χ4v) is 8.64. The van der Waals surface area contributed by atoms with Gasteiger partial charge in [0.15, 0.2) is 0 Å². The van der Waals surface area contributed by atoms with Crippen molar-refractivity contribution in [3.63, 3.8) is 0 Å². The first-order valence-electron chi connectivity index (χ1n) is 16.6. The third-order valence-corrected chi connectivity index (χ3v) is 11.1. The summed E-state index contributed by atoms with van der Waals surface area (Å²) in [5, 5.41) is 16.5. The first kappa shape index (κ1) is 33.8. The molecule has 0 bridgehead atoms. The lowest BCUT2D eigenvalue weighted by molar-refractivity contribution is -0.324. The Morgan fingerprint density at radius 2 is 1.94 bits per heavy atom. The number of nitrogens with zero attached hydrogens (tertiary/aromatic N) is 3. The van der Waals surface area contributed by atoms with Crippen molar-refractivity contribution in [1.29, 1.82) is 0 Å². The van der Waals surface area contributed by atoms with Gasteiger partial charge in [0.25, 0.3) is 21.9 Å². The van der Waals surface area contributed by atoms with Gasteiger partial charge in [0, 0.05) is 48.1 Å². The Hall–Kier alpha value is -3.04. The maximum atomic E-state index is 14.5. The van der Waals surface area contributed by atoms with Crippen molar-refractivity contribution >= 4 is 38.7 Å². The molecular formula is C33H47N5O8S. The summed E-state index contributed by atoms with van der Waals surface area (Å²) in [4.78, 5) is 51.0. The minimum Gasteiger partial charge on any atom is -0.361 e. The number of benzene rings is 1. The molecule has 5 heterocycles. The van der Waals surface area contributed by atoms with E-state index < -0.39 is 45.7 Å². The smallest absolute Gasteiger partial charge is 0.281 e. The second kappa shape index (κ2) is 11.8. The molecule has 2 aromatic rings. The van der Waals surface area contributed by atoms with E-state index in [-0.39, 0.29) is 35.6 Å². The largest absolute Gasteiger partial charge is 0.361 e. The van der Waals surface area contributed by atoms with Crippen molar-refractivity contribution in [2.75, 3.05) is 26.4 Å². The number of likely N-dealkylation sites (tertiary alicyclic amines) is 1. The number of rotatable bonds is 5. The van der Waals surface area contributed by atoms with Gasteiger partial charge in [-0.25, -0.2) is 0 Å². The summed E-state index contributed by atoms with van der Waals surface area (Å²) < 4.78 is 32.3. The second-order valence-electron chi connectivity index (χ2n) is 14.4. The molecule has 5 aliphatic rings. The number of hydrogen-bond donors (Lipinski definition) is 4. The summed E-state index contributed by atoms with van der Waals surface area (Å²) >= 11 is 0. The number of amides is 3. The van der Waals surface area contributed by atoms with Crippen molar-refractivity contribution in [3.8, 4) is 0 Å². The average molecular weight is 674 g/mol. The fraction of sp³-hybridized carbons (Fsp3) is 0.667. The van der Waals surface area contributed by atoms with Gasteiger partial charge in [0.1, 0.15) is 12.1 Å². The van der Waals surface area contributed by atoms with Gasteiger partial charge >= 0.3 is 0 Å².